The molecule has 140 valence electrons. The molecule has 26 heavy (non-hydrogen) atoms. The second-order valence-electron chi connectivity index (χ2n) is 6.83. The molecule has 0 saturated carbocycles. The van der Waals surface area contributed by atoms with E-state index in [0.717, 1.165) is 43.2 Å². The molecule has 6 heteroatoms. The van der Waals surface area contributed by atoms with Crippen molar-refractivity contribution in [1.82, 2.24) is 14.9 Å². The molecule has 0 aliphatic carbocycles. The molecule has 0 N–H and O–H groups in total. The Morgan fingerprint density at radius 3 is 2.38 bits per heavy atom. The van der Waals surface area contributed by atoms with Gasteiger partial charge >= 0.3 is 0 Å². The van der Waals surface area contributed by atoms with Crippen molar-refractivity contribution in [3.05, 3.63) is 41.0 Å². The Hall–Kier alpha value is -2.34. The van der Waals surface area contributed by atoms with Crippen molar-refractivity contribution in [3.8, 4) is 17.2 Å². The second-order valence-corrected chi connectivity index (χ2v) is 6.83. The van der Waals surface area contributed by atoms with Crippen molar-refractivity contribution in [1.29, 1.82) is 0 Å². The summed E-state index contributed by atoms with van der Waals surface area (Å²) in [6.45, 7) is 6.82. The lowest BCUT2D eigenvalue weighted by Gasteiger charge is -2.29. The SMILES string of the molecule is COc1cc(OC)c(OC)cc1CN1CCc2nc(C(C)C)ncc2C1. The predicted molar refractivity (Wildman–Crippen MR) is 100 cm³/mol. The summed E-state index contributed by atoms with van der Waals surface area (Å²) in [6, 6.07) is 3.87. The van der Waals surface area contributed by atoms with Crippen LogP contribution in [0, 0.1) is 0 Å². The summed E-state index contributed by atoms with van der Waals surface area (Å²) < 4.78 is 16.4. The van der Waals surface area contributed by atoms with Crippen molar-refractivity contribution >= 4 is 0 Å². The first-order valence-electron chi connectivity index (χ1n) is 8.91. The molecule has 1 aliphatic rings. The maximum absolute atomic E-state index is 5.55. The van der Waals surface area contributed by atoms with Gasteiger partial charge in [-0.25, -0.2) is 9.97 Å². The molecule has 6 nitrogen and oxygen atoms in total. The third-order valence-electron chi connectivity index (χ3n) is 4.73. The lowest BCUT2D eigenvalue weighted by Crippen LogP contribution is -2.31. The first kappa shape index (κ1) is 18.5. The minimum atomic E-state index is 0.356. The van der Waals surface area contributed by atoms with Gasteiger partial charge in [0.25, 0.3) is 0 Å². The highest BCUT2D eigenvalue weighted by Gasteiger charge is 2.21. The fraction of sp³-hybridized carbons (Fsp3) is 0.500. The molecule has 0 fully saturated rings. The van der Waals surface area contributed by atoms with E-state index in [1.807, 2.05) is 18.3 Å². The van der Waals surface area contributed by atoms with Crippen LogP contribution in [-0.4, -0.2) is 42.7 Å². The number of fused-ring (bicyclic) bond motifs is 1. The zero-order valence-corrected chi connectivity index (χ0v) is 16.2. The normalized spacial score (nSPS) is 14.2. The molecule has 1 aromatic heterocycles. The van der Waals surface area contributed by atoms with Crippen LogP contribution in [0.2, 0.25) is 0 Å². The highest BCUT2D eigenvalue weighted by molar-refractivity contribution is 5.50. The molecule has 0 unspecified atom stereocenters. The van der Waals surface area contributed by atoms with Crippen molar-refractivity contribution in [2.45, 2.75) is 39.3 Å². The van der Waals surface area contributed by atoms with Crippen LogP contribution in [-0.2, 0) is 19.5 Å². The van der Waals surface area contributed by atoms with Gasteiger partial charge in [-0.2, -0.15) is 0 Å². The van der Waals surface area contributed by atoms with Gasteiger partial charge < -0.3 is 14.2 Å². The molecule has 1 aliphatic heterocycles. The van der Waals surface area contributed by atoms with Gasteiger partial charge in [0.15, 0.2) is 11.5 Å². The van der Waals surface area contributed by atoms with Gasteiger partial charge in [0.2, 0.25) is 0 Å². The Labute approximate surface area is 155 Å². The highest BCUT2D eigenvalue weighted by Crippen LogP contribution is 2.35. The molecular formula is C20H27N3O3. The molecule has 0 atom stereocenters. The van der Waals surface area contributed by atoms with E-state index in [0.29, 0.717) is 17.4 Å². The molecule has 0 bridgehead atoms. The van der Waals surface area contributed by atoms with Gasteiger partial charge in [0.1, 0.15) is 11.6 Å². The molecule has 0 radical (unpaired) electrons. The van der Waals surface area contributed by atoms with E-state index in [9.17, 15) is 0 Å². The summed E-state index contributed by atoms with van der Waals surface area (Å²) in [6.07, 6.45) is 2.92. The van der Waals surface area contributed by atoms with Gasteiger partial charge in [-0.15, -0.1) is 0 Å². The molecular weight excluding hydrogens is 330 g/mol. The predicted octanol–water partition coefficient (Wildman–Crippen LogP) is 3.18. The number of hydrogen-bond acceptors (Lipinski definition) is 6. The van der Waals surface area contributed by atoms with E-state index in [-0.39, 0.29) is 0 Å². The van der Waals surface area contributed by atoms with E-state index >= 15 is 0 Å². The van der Waals surface area contributed by atoms with Crippen LogP contribution in [0.15, 0.2) is 18.3 Å². The lowest BCUT2D eigenvalue weighted by molar-refractivity contribution is 0.238. The number of methoxy groups -OCH3 is 3. The zero-order valence-electron chi connectivity index (χ0n) is 16.2. The van der Waals surface area contributed by atoms with Crippen LogP contribution >= 0.6 is 0 Å². The molecule has 2 heterocycles. The number of hydrogen-bond donors (Lipinski definition) is 0. The summed E-state index contributed by atoms with van der Waals surface area (Å²) in [5.74, 6) is 3.48. The average molecular weight is 357 g/mol. The van der Waals surface area contributed by atoms with E-state index in [1.54, 1.807) is 21.3 Å². The zero-order chi connectivity index (χ0) is 18.7. The van der Waals surface area contributed by atoms with E-state index in [4.69, 9.17) is 19.2 Å². The van der Waals surface area contributed by atoms with E-state index in [1.165, 1.54) is 11.3 Å². The lowest BCUT2D eigenvalue weighted by atomic mass is 10.0. The van der Waals surface area contributed by atoms with Crippen LogP contribution < -0.4 is 14.2 Å². The molecule has 0 saturated heterocycles. The average Bonchev–Trinajstić information content (AvgIpc) is 2.67. The van der Waals surface area contributed by atoms with Crippen molar-refractivity contribution in [2.75, 3.05) is 27.9 Å². The van der Waals surface area contributed by atoms with Crippen LogP contribution in [0.1, 0.15) is 42.4 Å². The maximum Gasteiger partial charge on any atom is 0.164 e. The van der Waals surface area contributed by atoms with Gasteiger partial charge in [0.05, 0.1) is 21.3 Å². The standard InChI is InChI=1S/C20H27N3O3/c1-13(2)20-21-10-15-12-23(7-6-16(15)22-20)11-14-8-18(25-4)19(26-5)9-17(14)24-3/h8-10,13H,6-7,11-12H2,1-5H3. The Balaban J connectivity index is 1.80. The minimum Gasteiger partial charge on any atom is -0.496 e. The Morgan fingerprint density at radius 2 is 1.73 bits per heavy atom. The number of benzene rings is 1. The monoisotopic (exact) mass is 357 g/mol. The van der Waals surface area contributed by atoms with Crippen LogP contribution in [0.5, 0.6) is 17.2 Å². The first-order valence-corrected chi connectivity index (χ1v) is 8.91. The summed E-state index contributed by atoms with van der Waals surface area (Å²) in [7, 11) is 4.95. The number of ether oxygens (including phenoxy) is 3. The fourth-order valence-electron chi connectivity index (χ4n) is 3.26. The molecule has 2 aromatic rings. The number of nitrogens with zero attached hydrogens (tertiary/aromatic N) is 3. The third-order valence-corrected chi connectivity index (χ3v) is 4.73. The van der Waals surface area contributed by atoms with Crippen molar-refractivity contribution in [3.63, 3.8) is 0 Å². The summed E-state index contributed by atoms with van der Waals surface area (Å²) >= 11 is 0. The van der Waals surface area contributed by atoms with Gasteiger partial charge in [-0.05, 0) is 6.07 Å². The number of rotatable bonds is 6. The van der Waals surface area contributed by atoms with Crippen LogP contribution in [0.3, 0.4) is 0 Å². The Morgan fingerprint density at radius 1 is 1.04 bits per heavy atom. The molecule has 0 spiro atoms. The Bertz CT molecular complexity index is 777. The van der Waals surface area contributed by atoms with Crippen LogP contribution in [0.25, 0.3) is 0 Å². The van der Waals surface area contributed by atoms with Gasteiger partial charge in [-0.3, -0.25) is 4.90 Å². The van der Waals surface area contributed by atoms with Gasteiger partial charge in [0, 0.05) is 61.1 Å². The summed E-state index contributed by atoms with van der Waals surface area (Å²) in [5.41, 5.74) is 3.47. The largest absolute Gasteiger partial charge is 0.496 e. The quantitative estimate of drug-likeness (QED) is 0.791. The first-order chi connectivity index (χ1) is 12.5. The maximum atomic E-state index is 5.55. The van der Waals surface area contributed by atoms with Crippen LogP contribution in [0.4, 0.5) is 0 Å². The Kier molecular flexibility index (Phi) is 5.61. The van der Waals surface area contributed by atoms with E-state index in [2.05, 4.69) is 23.7 Å². The highest BCUT2D eigenvalue weighted by atomic mass is 16.5. The topological polar surface area (TPSA) is 56.7 Å². The van der Waals surface area contributed by atoms with Crippen molar-refractivity contribution < 1.29 is 14.2 Å². The minimum absolute atomic E-state index is 0.356. The molecule has 0 amide bonds. The third kappa shape index (κ3) is 3.75. The van der Waals surface area contributed by atoms with E-state index < -0.39 is 0 Å². The van der Waals surface area contributed by atoms with Crippen molar-refractivity contribution in [2.24, 2.45) is 0 Å². The van der Waals surface area contributed by atoms with Gasteiger partial charge in [-0.1, -0.05) is 13.8 Å². The summed E-state index contributed by atoms with van der Waals surface area (Å²) in [4.78, 5) is 11.6. The smallest absolute Gasteiger partial charge is 0.164 e. The molecule has 3 rings (SSSR count). The fourth-order valence-corrected chi connectivity index (χ4v) is 3.26. The second kappa shape index (κ2) is 7.91. The summed E-state index contributed by atoms with van der Waals surface area (Å²) in [5, 5.41) is 0. The molecule has 1 aromatic carbocycles. The number of aromatic nitrogens is 2.